The number of anilines is 2. The average molecular weight is 431 g/mol. The number of rotatable bonds is 7. The Labute approximate surface area is 184 Å². The lowest BCUT2D eigenvalue weighted by Gasteiger charge is -2.15. The number of carbonyl (C=O) groups is 1. The third-order valence-corrected chi connectivity index (χ3v) is 4.93. The van der Waals surface area contributed by atoms with Crippen molar-refractivity contribution in [1.82, 2.24) is 19.4 Å². The summed E-state index contributed by atoms with van der Waals surface area (Å²) >= 11 is 0. The predicted octanol–water partition coefficient (Wildman–Crippen LogP) is 0.248. The molecule has 4 rings (SSSR count). The van der Waals surface area contributed by atoms with E-state index in [1.807, 2.05) is 31.1 Å². The number of nitrogens with two attached hydrogens (primary N) is 1. The van der Waals surface area contributed by atoms with Gasteiger partial charge in [-0.2, -0.15) is 0 Å². The van der Waals surface area contributed by atoms with Crippen molar-refractivity contribution in [2.45, 2.75) is 6.54 Å². The topological polar surface area (TPSA) is 142 Å². The van der Waals surface area contributed by atoms with Crippen molar-refractivity contribution in [3.8, 4) is 11.5 Å². The monoisotopic (exact) mass is 431 g/mol. The molecule has 4 aromatic rings. The van der Waals surface area contributed by atoms with Crippen LogP contribution in [0.2, 0.25) is 0 Å². The Balaban J connectivity index is 1.70. The van der Waals surface area contributed by atoms with E-state index in [0.29, 0.717) is 46.4 Å². The Kier molecular flexibility index (Phi) is 5.76. The summed E-state index contributed by atoms with van der Waals surface area (Å²) in [6.45, 7) is 0.416. The molecule has 3 heterocycles. The van der Waals surface area contributed by atoms with Crippen LogP contribution in [0, 0.1) is 0 Å². The normalized spacial score (nSPS) is 10.9. The summed E-state index contributed by atoms with van der Waals surface area (Å²) in [5, 5.41) is 22.0. The van der Waals surface area contributed by atoms with Gasteiger partial charge in [-0.1, -0.05) is 30.3 Å². The van der Waals surface area contributed by atoms with Gasteiger partial charge in [0.2, 0.25) is 0 Å². The van der Waals surface area contributed by atoms with Crippen LogP contribution in [0.15, 0.2) is 54.9 Å². The molecule has 1 aromatic carbocycles. The lowest BCUT2D eigenvalue weighted by Crippen LogP contribution is -2.30. The van der Waals surface area contributed by atoms with Crippen molar-refractivity contribution in [1.29, 1.82) is 0 Å². The minimum absolute atomic E-state index is 0.314. The van der Waals surface area contributed by atoms with Crippen molar-refractivity contribution in [2.75, 3.05) is 24.3 Å². The summed E-state index contributed by atoms with van der Waals surface area (Å²) in [5.74, 6) is 1.08. The maximum atomic E-state index is 11.7. The molecule has 0 aliphatic heterocycles. The van der Waals surface area contributed by atoms with Crippen LogP contribution in [0.25, 0.3) is 17.0 Å². The molecular weight excluding hydrogens is 409 g/mol. The smallest absolute Gasteiger partial charge is 0.423 e. The zero-order valence-corrected chi connectivity index (χ0v) is 17.6. The van der Waals surface area contributed by atoms with Crippen molar-refractivity contribution >= 4 is 35.6 Å². The van der Waals surface area contributed by atoms with Gasteiger partial charge in [-0.05, 0) is 23.2 Å². The van der Waals surface area contributed by atoms with Crippen LogP contribution in [-0.2, 0) is 6.54 Å². The zero-order chi connectivity index (χ0) is 22.8. The number of aromatic nitrogens is 4. The Morgan fingerprint density at radius 3 is 2.66 bits per heavy atom. The van der Waals surface area contributed by atoms with Crippen LogP contribution in [0.5, 0.6) is 0 Å². The van der Waals surface area contributed by atoms with E-state index < -0.39 is 13.0 Å². The van der Waals surface area contributed by atoms with Gasteiger partial charge in [0.25, 0.3) is 5.91 Å². The fourth-order valence-corrected chi connectivity index (χ4v) is 3.31. The van der Waals surface area contributed by atoms with E-state index in [1.165, 1.54) is 6.33 Å². The van der Waals surface area contributed by atoms with Crippen LogP contribution in [0.4, 0.5) is 11.6 Å². The molecule has 0 unspecified atom stereocenters. The van der Waals surface area contributed by atoms with Gasteiger partial charge in [0.05, 0.1) is 5.52 Å². The molecule has 162 valence electrons. The van der Waals surface area contributed by atoms with Gasteiger partial charge < -0.3 is 26.0 Å². The lowest BCUT2D eigenvalue weighted by molar-refractivity contribution is 0.0994. The lowest BCUT2D eigenvalue weighted by atomic mass is 9.80. The first-order chi connectivity index (χ1) is 15.3. The van der Waals surface area contributed by atoms with Crippen molar-refractivity contribution < 1.29 is 14.8 Å². The maximum absolute atomic E-state index is 11.7. The van der Waals surface area contributed by atoms with Gasteiger partial charge in [0, 0.05) is 26.7 Å². The summed E-state index contributed by atoms with van der Waals surface area (Å²) in [4.78, 5) is 27.2. The molecule has 0 atom stereocenters. The minimum Gasteiger partial charge on any atom is -0.423 e. The van der Waals surface area contributed by atoms with Crippen molar-refractivity contribution in [3.63, 3.8) is 0 Å². The number of nitrogens with one attached hydrogen (secondary N) is 1. The van der Waals surface area contributed by atoms with E-state index in [-0.39, 0.29) is 0 Å². The highest BCUT2D eigenvalue weighted by molar-refractivity contribution is 6.58. The number of primary amides is 1. The first-order valence-corrected chi connectivity index (χ1v) is 9.85. The number of pyridine rings is 1. The minimum atomic E-state index is -1.53. The highest BCUT2D eigenvalue weighted by Gasteiger charge is 2.16. The van der Waals surface area contributed by atoms with Gasteiger partial charge in [-0.25, -0.2) is 15.0 Å². The molecule has 0 radical (unpaired) electrons. The number of benzene rings is 1. The highest BCUT2D eigenvalue weighted by Crippen LogP contribution is 2.25. The molecule has 1 amide bonds. The molecule has 0 saturated carbocycles. The first-order valence-electron chi connectivity index (χ1n) is 9.85. The van der Waals surface area contributed by atoms with E-state index in [2.05, 4.69) is 20.3 Å². The molecule has 0 aliphatic rings. The fraction of sp³-hybridized carbons (Fsp3) is 0.143. The number of fused-ring (bicyclic) bond motifs is 1. The largest absolute Gasteiger partial charge is 0.488 e. The third kappa shape index (κ3) is 4.24. The molecule has 11 heteroatoms. The molecule has 3 aromatic heterocycles. The molecule has 0 saturated heterocycles. The summed E-state index contributed by atoms with van der Waals surface area (Å²) < 4.78 is 1.61. The van der Waals surface area contributed by atoms with Gasteiger partial charge in [0.1, 0.15) is 29.4 Å². The molecule has 5 N–H and O–H groups in total. The van der Waals surface area contributed by atoms with Crippen molar-refractivity contribution in [3.05, 3.63) is 66.1 Å². The fourth-order valence-electron chi connectivity index (χ4n) is 3.31. The first kappa shape index (κ1) is 21.3. The third-order valence-electron chi connectivity index (χ3n) is 4.93. The second kappa shape index (κ2) is 8.65. The predicted molar refractivity (Wildman–Crippen MR) is 123 cm³/mol. The second-order valence-corrected chi connectivity index (χ2v) is 7.43. The van der Waals surface area contributed by atoms with Crippen LogP contribution in [-0.4, -0.2) is 56.5 Å². The highest BCUT2D eigenvalue weighted by atomic mass is 16.4. The van der Waals surface area contributed by atoms with Crippen LogP contribution in [0.1, 0.15) is 16.1 Å². The van der Waals surface area contributed by atoms with Gasteiger partial charge in [0.15, 0.2) is 5.82 Å². The standard InChI is InChI=1S/C21H22BN7O3/c1-28(2)18-10-17(24-11-13-5-3-6-14(9-13)22(31)32)26-21(27-18)19-15-7-4-8-16(20(23)30)29(15)12-25-19/h3-10,12,31-32H,11H2,1-2H3,(H2,23,30)(H,24,26,27). The summed E-state index contributed by atoms with van der Waals surface area (Å²) in [6, 6.07) is 14.0. The number of hydrogen-bond donors (Lipinski definition) is 4. The molecule has 0 aliphatic carbocycles. The Morgan fingerprint density at radius 2 is 1.94 bits per heavy atom. The van der Waals surface area contributed by atoms with E-state index in [0.717, 1.165) is 5.56 Å². The summed E-state index contributed by atoms with van der Waals surface area (Å²) in [7, 11) is 2.22. The number of amides is 1. The Morgan fingerprint density at radius 1 is 1.16 bits per heavy atom. The number of imidazole rings is 1. The van der Waals surface area contributed by atoms with Gasteiger partial charge >= 0.3 is 7.12 Å². The second-order valence-electron chi connectivity index (χ2n) is 7.43. The zero-order valence-electron chi connectivity index (χ0n) is 17.6. The molecule has 0 spiro atoms. The van der Waals surface area contributed by atoms with E-state index in [9.17, 15) is 14.8 Å². The van der Waals surface area contributed by atoms with Crippen molar-refractivity contribution in [2.24, 2.45) is 5.73 Å². The molecule has 10 nitrogen and oxygen atoms in total. The van der Waals surface area contributed by atoms with Gasteiger partial charge in [-0.15, -0.1) is 0 Å². The van der Waals surface area contributed by atoms with Crippen LogP contribution in [0.3, 0.4) is 0 Å². The Hall–Kier alpha value is -3.96. The average Bonchev–Trinajstić information content (AvgIpc) is 3.21. The van der Waals surface area contributed by atoms with E-state index in [1.54, 1.807) is 40.8 Å². The molecular formula is C21H22BN7O3. The number of nitrogens with zero attached hydrogens (tertiary/aromatic N) is 5. The van der Waals surface area contributed by atoms with E-state index in [4.69, 9.17) is 5.73 Å². The van der Waals surface area contributed by atoms with E-state index >= 15 is 0 Å². The maximum Gasteiger partial charge on any atom is 0.488 e. The quantitative estimate of drug-likeness (QED) is 0.305. The van der Waals surface area contributed by atoms with Crippen LogP contribution < -0.4 is 21.4 Å². The van der Waals surface area contributed by atoms with Crippen LogP contribution >= 0.6 is 0 Å². The Bertz CT molecular complexity index is 1290. The SMILES string of the molecule is CN(C)c1cc(NCc2cccc(B(O)O)c2)nc(-c2ncn3c(C(N)=O)cccc23)n1. The summed E-state index contributed by atoms with van der Waals surface area (Å²) in [6.07, 6.45) is 1.52. The van der Waals surface area contributed by atoms with Gasteiger partial charge in [-0.3, -0.25) is 9.20 Å². The molecule has 32 heavy (non-hydrogen) atoms. The summed E-state index contributed by atoms with van der Waals surface area (Å²) in [5.41, 5.74) is 8.24. The number of carbonyl (C=O) groups excluding carboxylic acids is 1. The number of hydrogen-bond acceptors (Lipinski definition) is 8. The molecule has 0 bridgehead atoms. The molecule has 0 fully saturated rings.